The normalized spacial score (nSPS) is 15.5. The van der Waals surface area contributed by atoms with Crippen LogP contribution in [-0.4, -0.2) is 25.2 Å². The molecular weight excluding hydrogens is 282 g/mol. The van der Waals surface area contributed by atoms with E-state index in [1.807, 2.05) is 11.6 Å². The first-order chi connectivity index (χ1) is 10.6. The van der Waals surface area contributed by atoms with Crippen molar-refractivity contribution in [3.63, 3.8) is 0 Å². The highest BCUT2D eigenvalue weighted by Gasteiger charge is 2.31. The quantitative estimate of drug-likeness (QED) is 0.904. The fourth-order valence-corrected chi connectivity index (χ4v) is 2.53. The number of hydrogen-bond acceptors (Lipinski definition) is 4. The van der Waals surface area contributed by atoms with Gasteiger partial charge in [0.1, 0.15) is 12.4 Å². The number of nitrogens with one attached hydrogen (secondary N) is 1. The van der Waals surface area contributed by atoms with Crippen molar-refractivity contribution in [1.29, 1.82) is 0 Å². The van der Waals surface area contributed by atoms with Crippen LogP contribution in [0.2, 0.25) is 0 Å². The largest absolute Gasteiger partial charge is 0.347 e. The summed E-state index contributed by atoms with van der Waals surface area (Å²) in [5.74, 6) is 1.08. The van der Waals surface area contributed by atoms with Gasteiger partial charge in [-0.2, -0.15) is 5.10 Å². The molecule has 1 fully saturated rings. The Hall–Kier alpha value is -2.44. The Morgan fingerprint density at radius 3 is 2.95 bits per heavy atom. The van der Waals surface area contributed by atoms with E-state index in [1.54, 1.807) is 18.5 Å². The van der Waals surface area contributed by atoms with Crippen LogP contribution < -0.4 is 11.0 Å². The van der Waals surface area contributed by atoms with Gasteiger partial charge in [-0.1, -0.05) is 0 Å². The number of hydrogen-bond donors (Lipinski definition) is 1. The van der Waals surface area contributed by atoms with Crippen LogP contribution in [0.4, 0.5) is 5.82 Å². The summed E-state index contributed by atoms with van der Waals surface area (Å²) in [5, 5.41) is 7.25. The molecule has 1 N–H and O–H groups in total. The summed E-state index contributed by atoms with van der Waals surface area (Å²) in [6.07, 6.45) is 7.13. The predicted octanol–water partition coefficient (Wildman–Crippen LogP) is 1.36. The molecule has 2 aromatic heterocycles. The van der Waals surface area contributed by atoms with Crippen LogP contribution in [0.1, 0.15) is 31.4 Å². The summed E-state index contributed by atoms with van der Waals surface area (Å²) < 4.78 is 3.15. The third kappa shape index (κ3) is 2.93. The molecule has 2 aromatic rings. The molecule has 116 valence electrons. The lowest BCUT2D eigenvalue weighted by molar-refractivity contribution is -0.116. The second kappa shape index (κ2) is 5.75. The highest BCUT2D eigenvalue weighted by atomic mass is 16.2. The Labute approximate surface area is 128 Å². The molecule has 2 heterocycles. The number of amides is 1. The monoisotopic (exact) mass is 301 g/mol. The molecule has 1 saturated carbocycles. The van der Waals surface area contributed by atoms with Crippen molar-refractivity contribution in [1.82, 2.24) is 19.3 Å². The topological polar surface area (TPSA) is 81.8 Å². The number of aryl methyl sites for hydroxylation is 1. The molecule has 0 radical (unpaired) electrons. The first-order valence-electron chi connectivity index (χ1n) is 7.41. The third-order valence-corrected chi connectivity index (χ3v) is 4.02. The van der Waals surface area contributed by atoms with E-state index >= 15 is 0 Å². The van der Waals surface area contributed by atoms with Crippen LogP contribution in [0.15, 0.2) is 29.5 Å². The molecule has 1 amide bonds. The van der Waals surface area contributed by atoms with E-state index in [2.05, 4.69) is 22.3 Å². The molecule has 1 atom stereocenters. The zero-order valence-electron chi connectivity index (χ0n) is 12.7. The van der Waals surface area contributed by atoms with Crippen molar-refractivity contribution in [2.75, 3.05) is 5.32 Å². The molecule has 0 bridgehead atoms. The Bertz CT molecular complexity index is 744. The summed E-state index contributed by atoms with van der Waals surface area (Å²) in [7, 11) is 0. The summed E-state index contributed by atoms with van der Waals surface area (Å²) in [6, 6.07) is 1.89. The van der Waals surface area contributed by atoms with Crippen LogP contribution in [0, 0.1) is 12.8 Å². The SMILES string of the molecule is Cc1cnn(C(C)C2CC2)c1NC(=O)Cn1cccnc1=O. The second-order valence-corrected chi connectivity index (χ2v) is 5.78. The average molecular weight is 301 g/mol. The van der Waals surface area contributed by atoms with E-state index in [4.69, 9.17) is 0 Å². The summed E-state index contributed by atoms with van der Waals surface area (Å²) in [6.45, 7) is 3.97. The van der Waals surface area contributed by atoms with Crippen molar-refractivity contribution < 1.29 is 4.79 Å². The molecule has 3 rings (SSSR count). The van der Waals surface area contributed by atoms with Gasteiger partial charge >= 0.3 is 5.69 Å². The highest BCUT2D eigenvalue weighted by Crippen LogP contribution is 2.40. The summed E-state index contributed by atoms with van der Waals surface area (Å²) >= 11 is 0. The number of anilines is 1. The lowest BCUT2D eigenvalue weighted by Gasteiger charge is -2.16. The minimum Gasteiger partial charge on any atom is -0.309 e. The van der Waals surface area contributed by atoms with Gasteiger partial charge in [-0.3, -0.25) is 9.36 Å². The zero-order chi connectivity index (χ0) is 15.7. The van der Waals surface area contributed by atoms with E-state index in [-0.39, 0.29) is 18.5 Å². The molecule has 22 heavy (non-hydrogen) atoms. The minimum absolute atomic E-state index is 0.0604. The molecule has 1 aliphatic carbocycles. The van der Waals surface area contributed by atoms with E-state index in [0.717, 1.165) is 5.56 Å². The Balaban J connectivity index is 1.75. The molecule has 0 saturated heterocycles. The third-order valence-electron chi connectivity index (χ3n) is 4.02. The van der Waals surface area contributed by atoms with Gasteiger partial charge in [0.25, 0.3) is 0 Å². The van der Waals surface area contributed by atoms with Crippen molar-refractivity contribution in [3.8, 4) is 0 Å². The van der Waals surface area contributed by atoms with Gasteiger partial charge < -0.3 is 5.32 Å². The van der Waals surface area contributed by atoms with Crippen LogP contribution in [0.25, 0.3) is 0 Å². The Kier molecular flexibility index (Phi) is 3.79. The van der Waals surface area contributed by atoms with Crippen LogP contribution >= 0.6 is 0 Å². The molecule has 0 spiro atoms. The highest BCUT2D eigenvalue weighted by molar-refractivity contribution is 5.90. The fraction of sp³-hybridized carbons (Fsp3) is 0.467. The van der Waals surface area contributed by atoms with E-state index in [1.165, 1.54) is 23.6 Å². The van der Waals surface area contributed by atoms with Crippen molar-refractivity contribution >= 4 is 11.7 Å². The first kappa shape index (κ1) is 14.5. The molecule has 1 aliphatic rings. The van der Waals surface area contributed by atoms with Gasteiger partial charge in [0.05, 0.1) is 12.2 Å². The van der Waals surface area contributed by atoms with Crippen molar-refractivity contribution in [2.24, 2.45) is 5.92 Å². The van der Waals surface area contributed by atoms with Gasteiger partial charge in [0, 0.05) is 18.0 Å². The Morgan fingerprint density at radius 1 is 1.50 bits per heavy atom. The van der Waals surface area contributed by atoms with Gasteiger partial charge in [-0.25, -0.2) is 14.5 Å². The predicted molar refractivity (Wildman–Crippen MR) is 81.5 cm³/mol. The first-order valence-corrected chi connectivity index (χ1v) is 7.41. The molecule has 0 aliphatic heterocycles. The van der Waals surface area contributed by atoms with Crippen molar-refractivity contribution in [3.05, 3.63) is 40.7 Å². The van der Waals surface area contributed by atoms with Gasteiger partial charge in [-0.15, -0.1) is 0 Å². The number of carbonyl (C=O) groups is 1. The number of carbonyl (C=O) groups excluding carboxylic acids is 1. The van der Waals surface area contributed by atoms with Crippen LogP contribution in [0.5, 0.6) is 0 Å². The molecule has 0 aromatic carbocycles. The summed E-state index contributed by atoms with van der Waals surface area (Å²) in [4.78, 5) is 27.4. The maximum Gasteiger partial charge on any atom is 0.347 e. The molecular formula is C15H19N5O2. The minimum atomic E-state index is -0.436. The lowest BCUT2D eigenvalue weighted by Crippen LogP contribution is -2.29. The van der Waals surface area contributed by atoms with E-state index in [0.29, 0.717) is 11.7 Å². The van der Waals surface area contributed by atoms with Crippen LogP contribution in [-0.2, 0) is 11.3 Å². The van der Waals surface area contributed by atoms with Crippen molar-refractivity contribution in [2.45, 2.75) is 39.3 Å². The average Bonchev–Trinajstić information content (AvgIpc) is 3.27. The van der Waals surface area contributed by atoms with E-state index < -0.39 is 5.69 Å². The molecule has 1 unspecified atom stereocenters. The smallest absolute Gasteiger partial charge is 0.309 e. The fourth-order valence-electron chi connectivity index (χ4n) is 2.53. The zero-order valence-corrected chi connectivity index (χ0v) is 12.7. The van der Waals surface area contributed by atoms with Gasteiger partial charge in [0.2, 0.25) is 5.91 Å². The second-order valence-electron chi connectivity index (χ2n) is 5.78. The molecule has 7 heteroatoms. The van der Waals surface area contributed by atoms with Gasteiger partial charge in [0.15, 0.2) is 0 Å². The van der Waals surface area contributed by atoms with E-state index in [9.17, 15) is 9.59 Å². The van der Waals surface area contributed by atoms with Crippen LogP contribution in [0.3, 0.4) is 0 Å². The summed E-state index contributed by atoms with van der Waals surface area (Å²) in [5.41, 5.74) is 0.480. The maximum absolute atomic E-state index is 12.2. The number of nitrogens with zero attached hydrogens (tertiary/aromatic N) is 4. The number of aromatic nitrogens is 4. The maximum atomic E-state index is 12.2. The number of rotatable bonds is 5. The molecule has 7 nitrogen and oxygen atoms in total. The van der Waals surface area contributed by atoms with Gasteiger partial charge in [-0.05, 0) is 38.7 Å². The Morgan fingerprint density at radius 2 is 2.27 bits per heavy atom. The standard InChI is InChI=1S/C15H19N5O2/c1-10-8-17-20(11(2)12-4-5-12)14(10)18-13(21)9-19-7-3-6-16-15(19)22/h3,6-8,11-12H,4-5,9H2,1-2H3,(H,18,21). The lowest BCUT2D eigenvalue weighted by atomic mass is 10.2.